The van der Waals surface area contributed by atoms with Gasteiger partial charge in [-0.15, -0.1) is 0 Å². The Morgan fingerprint density at radius 1 is 1.26 bits per heavy atom. The summed E-state index contributed by atoms with van der Waals surface area (Å²) in [6, 6.07) is 2.15. The highest BCUT2D eigenvalue weighted by Crippen LogP contribution is 2.41. The number of aliphatic hydroxyl groups excluding tert-OH is 1. The number of ether oxygens (including phenoxy) is 3. The maximum atomic E-state index is 13.0. The average molecular weight is 592 g/mol. The van der Waals surface area contributed by atoms with Gasteiger partial charge in [0.15, 0.2) is 11.9 Å². The van der Waals surface area contributed by atoms with Gasteiger partial charge in [0.05, 0.1) is 11.4 Å². The number of rotatable bonds is 10. The second-order valence-electron chi connectivity index (χ2n) is 12.9. The molecular formula is C29H45N5O8. The molecule has 42 heavy (non-hydrogen) atoms. The van der Waals surface area contributed by atoms with E-state index in [4.69, 9.17) is 25.4 Å². The number of aliphatic hydroxyl groups is 2. The van der Waals surface area contributed by atoms with Gasteiger partial charge in [0.1, 0.15) is 42.4 Å². The Bertz CT molecular complexity index is 1180. The van der Waals surface area contributed by atoms with Crippen LogP contribution in [0.4, 0.5) is 0 Å². The number of aliphatic imine (C=N–C) groups is 1. The summed E-state index contributed by atoms with van der Waals surface area (Å²) in [6.07, 6.45) is 1.52. The van der Waals surface area contributed by atoms with E-state index in [2.05, 4.69) is 15.3 Å². The van der Waals surface area contributed by atoms with Crippen molar-refractivity contribution >= 4 is 30.0 Å². The maximum Gasteiger partial charge on any atom is 0.323 e. The highest BCUT2D eigenvalue weighted by molar-refractivity contribution is 6.10. The molecule has 0 aromatic carbocycles. The number of nitrogens with one attached hydrogen (secondary N) is 3. The Kier molecular flexibility index (Phi) is 10.3. The largest absolute Gasteiger partial charge is 0.463 e. The van der Waals surface area contributed by atoms with Crippen molar-refractivity contribution in [2.75, 3.05) is 6.61 Å². The molecule has 0 radical (unpaired) electrons. The fourth-order valence-corrected chi connectivity index (χ4v) is 5.02. The monoisotopic (exact) mass is 591 g/mol. The van der Waals surface area contributed by atoms with Crippen LogP contribution in [0.1, 0.15) is 85.0 Å². The second-order valence-corrected chi connectivity index (χ2v) is 12.9. The van der Waals surface area contributed by atoms with Gasteiger partial charge >= 0.3 is 11.9 Å². The summed E-state index contributed by atoms with van der Waals surface area (Å²) in [7, 11) is 0. The fraction of sp³-hybridized carbons (Fsp3) is 0.690. The molecule has 1 aliphatic carbocycles. The van der Waals surface area contributed by atoms with E-state index < -0.39 is 52.8 Å². The molecule has 1 saturated carbocycles. The zero-order valence-corrected chi connectivity index (χ0v) is 25.2. The van der Waals surface area contributed by atoms with Crippen LogP contribution in [-0.4, -0.2) is 81.8 Å². The molecule has 0 bridgehead atoms. The summed E-state index contributed by atoms with van der Waals surface area (Å²) < 4.78 is 17.5. The second kappa shape index (κ2) is 13.0. The minimum Gasteiger partial charge on any atom is -0.463 e. The van der Waals surface area contributed by atoms with Crippen molar-refractivity contribution in [3.8, 4) is 0 Å². The SMILES string of the molecule is CC(C)(O)C(=O)NC(=NC=N)c1ccc([C@]2(C)O[C@H](COC(=O)CC3CCCC3)[C@@H](OC(=O)[C@@H](N)C(C)(C)C)[C@H]2O)[nH]1. The lowest BCUT2D eigenvalue weighted by Crippen LogP contribution is -2.48. The third kappa shape index (κ3) is 7.82. The number of amides is 1. The number of nitrogens with zero attached hydrogens (tertiary/aromatic N) is 1. The van der Waals surface area contributed by atoms with Gasteiger partial charge in [0.25, 0.3) is 5.91 Å². The van der Waals surface area contributed by atoms with Gasteiger partial charge in [0, 0.05) is 6.42 Å². The first-order valence-corrected chi connectivity index (χ1v) is 14.3. The molecule has 5 atom stereocenters. The standard InChI is InChI=1S/C29H45N5O8/c1-27(2,3)22(31)25(37)41-21-18(14-40-20(35)13-16-9-7-8-10-16)42-29(6,23(21)36)19-12-11-17(33-19)24(32-15-30)34-26(38)28(4,5)39/h11-12,15-16,18,21-23,33,36,39H,7-10,13-14,31H2,1-6H3,(H2,30,32,34,38)/t18-,21-,22-,23-,29+/m1/s1. The first-order valence-electron chi connectivity index (χ1n) is 14.3. The molecule has 13 nitrogen and oxygen atoms in total. The minimum atomic E-state index is -1.71. The number of amidine groups is 1. The summed E-state index contributed by atoms with van der Waals surface area (Å²) in [5.41, 5.74) is 2.92. The number of H-pyrrole nitrogens is 1. The van der Waals surface area contributed by atoms with Crippen LogP contribution in [0.2, 0.25) is 0 Å². The summed E-state index contributed by atoms with van der Waals surface area (Å²) in [5.74, 6) is -1.63. The van der Waals surface area contributed by atoms with Gasteiger partial charge in [-0.2, -0.15) is 0 Å². The number of nitrogens with two attached hydrogens (primary N) is 1. The summed E-state index contributed by atoms with van der Waals surface area (Å²) in [4.78, 5) is 44.8. The van der Waals surface area contributed by atoms with Gasteiger partial charge in [-0.05, 0) is 57.1 Å². The number of hydrogen-bond donors (Lipinski definition) is 6. The predicted molar refractivity (Wildman–Crippen MR) is 154 cm³/mol. The van der Waals surface area contributed by atoms with E-state index in [1.54, 1.807) is 39.8 Å². The van der Waals surface area contributed by atoms with Crippen molar-refractivity contribution in [1.29, 1.82) is 5.41 Å². The molecule has 13 heteroatoms. The number of carbonyl (C=O) groups is 3. The zero-order valence-electron chi connectivity index (χ0n) is 25.2. The van der Waals surface area contributed by atoms with Gasteiger partial charge in [0.2, 0.25) is 0 Å². The molecule has 1 aliphatic heterocycles. The average Bonchev–Trinajstić information content (AvgIpc) is 3.64. The van der Waals surface area contributed by atoms with Crippen LogP contribution >= 0.6 is 0 Å². The van der Waals surface area contributed by atoms with Crippen LogP contribution in [0.5, 0.6) is 0 Å². The van der Waals surface area contributed by atoms with Gasteiger partial charge < -0.3 is 40.5 Å². The quantitative estimate of drug-likeness (QED) is 0.132. The van der Waals surface area contributed by atoms with E-state index in [0.717, 1.165) is 32.0 Å². The van der Waals surface area contributed by atoms with E-state index in [0.29, 0.717) is 5.69 Å². The molecule has 2 aliphatic rings. The van der Waals surface area contributed by atoms with E-state index in [9.17, 15) is 24.6 Å². The van der Waals surface area contributed by atoms with Crippen LogP contribution in [0, 0.1) is 16.7 Å². The number of aromatic nitrogens is 1. The molecule has 1 amide bonds. The molecule has 0 unspecified atom stereocenters. The van der Waals surface area contributed by atoms with Crippen LogP contribution in [0.15, 0.2) is 17.1 Å². The zero-order chi connectivity index (χ0) is 31.5. The van der Waals surface area contributed by atoms with Crippen molar-refractivity contribution in [3.05, 3.63) is 23.5 Å². The van der Waals surface area contributed by atoms with Crippen molar-refractivity contribution in [2.24, 2.45) is 22.1 Å². The fourth-order valence-electron chi connectivity index (χ4n) is 5.02. The molecule has 234 valence electrons. The smallest absolute Gasteiger partial charge is 0.323 e. The van der Waals surface area contributed by atoms with E-state index in [1.165, 1.54) is 13.8 Å². The number of carbonyl (C=O) groups excluding carboxylic acids is 3. The molecule has 1 saturated heterocycles. The highest BCUT2D eigenvalue weighted by atomic mass is 16.6. The van der Waals surface area contributed by atoms with Crippen LogP contribution < -0.4 is 11.1 Å². The van der Waals surface area contributed by atoms with Crippen LogP contribution in [0.3, 0.4) is 0 Å². The number of hydrogen-bond acceptors (Lipinski definition) is 10. The van der Waals surface area contributed by atoms with E-state index in [-0.39, 0.29) is 36.4 Å². The molecule has 1 aromatic rings. The summed E-state index contributed by atoms with van der Waals surface area (Å²) >= 11 is 0. The lowest BCUT2D eigenvalue weighted by Gasteiger charge is -2.29. The number of aromatic amines is 1. The molecule has 2 heterocycles. The van der Waals surface area contributed by atoms with Crippen molar-refractivity contribution in [3.63, 3.8) is 0 Å². The third-order valence-corrected chi connectivity index (χ3v) is 7.87. The Labute approximate surface area is 246 Å². The predicted octanol–water partition coefficient (Wildman–Crippen LogP) is 1.64. The molecule has 2 fully saturated rings. The van der Waals surface area contributed by atoms with Gasteiger partial charge in [-0.1, -0.05) is 33.6 Å². The Balaban J connectivity index is 1.85. The van der Waals surface area contributed by atoms with E-state index >= 15 is 0 Å². The minimum absolute atomic E-state index is 0.0454. The maximum absolute atomic E-state index is 13.0. The molecular weight excluding hydrogens is 546 g/mol. The Morgan fingerprint density at radius 2 is 1.90 bits per heavy atom. The van der Waals surface area contributed by atoms with Crippen molar-refractivity contribution < 1.29 is 38.8 Å². The lowest BCUT2D eigenvalue weighted by atomic mass is 9.87. The topological polar surface area (TPSA) is 209 Å². The summed E-state index contributed by atoms with van der Waals surface area (Å²) in [5, 5.41) is 31.3. The van der Waals surface area contributed by atoms with Crippen molar-refractivity contribution in [2.45, 2.75) is 109 Å². The number of esters is 2. The van der Waals surface area contributed by atoms with E-state index in [1.807, 2.05) is 0 Å². The van der Waals surface area contributed by atoms with Crippen LogP contribution in [0.25, 0.3) is 0 Å². The van der Waals surface area contributed by atoms with Gasteiger partial charge in [-0.3, -0.25) is 19.8 Å². The molecule has 3 rings (SSSR count). The normalized spacial score (nSPS) is 26.1. The van der Waals surface area contributed by atoms with Gasteiger partial charge in [-0.25, -0.2) is 4.99 Å². The highest BCUT2D eigenvalue weighted by Gasteiger charge is 2.56. The molecule has 1 aromatic heterocycles. The Hall–Kier alpha value is -3.13. The van der Waals surface area contributed by atoms with Crippen molar-refractivity contribution in [1.82, 2.24) is 10.3 Å². The Morgan fingerprint density at radius 3 is 2.48 bits per heavy atom. The molecule has 0 spiro atoms. The lowest BCUT2D eigenvalue weighted by molar-refractivity contribution is -0.163. The summed E-state index contributed by atoms with van der Waals surface area (Å²) in [6.45, 7) is 9.31. The first-order chi connectivity index (χ1) is 19.5. The first kappa shape index (κ1) is 33.4. The van der Waals surface area contributed by atoms with Crippen LogP contribution in [-0.2, 0) is 34.2 Å². The third-order valence-electron chi connectivity index (χ3n) is 7.87. The molecule has 7 N–H and O–H groups in total.